The Bertz CT molecular complexity index is 143. The molecule has 11 heavy (non-hydrogen) atoms. The minimum atomic E-state index is -0.183. The summed E-state index contributed by atoms with van der Waals surface area (Å²) in [7, 11) is 1.75. The Balaban J connectivity index is 2.19. The van der Waals surface area contributed by atoms with Gasteiger partial charge in [0.1, 0.15) is 6.10 Å². The molecular formula is C8H15NO2. The number of hydrogen-bond acceptors (Lipinski definition) is 2. The van der Waals surface area contributed by atoms with Gasteiger partial charge in [0.25, 0.3) is 0 Å². The number of nitrogens with zero attached hydrogens (tertiary/aromatic N) is 1. The second-order valence-corrected chi connectivity index (χ2v) is 2.95. The van der Waals surface area contributed by atoms with Crippen LogP contribution >= 0.6 is 0 Å². The second kappa shape index (κ2) is 3.60. The molecule has 0 aliphatic heterocycles. The van der Waals surface area contributed by atoms with Crippen molar-refractivity contribution in [3.63, 3.8) is 0 Å². The average Bonchev–Trinajstić information content (AvgIpc) is 1.94. The Morgan fingerprint density at radius 1 is 1.64 bits per heavy atom. The fraction of sp³-hybridized carbons (Fsp3) is 0.875. The lowest BCUT2D eigenvalue weighted by atomic mass is 9.96. The van der Waals surface area contributed by atoms with Crippen molar-refractivity contribution in [2.75, 3.05) is 13.6 Å². The lowest BCUT2D eigenvalue weighted by molar-refractivity contribution is 0.0323. The van der Waals surface area contributed by atoms with Crippen LogP contribution in [0.2, 0.25) is 0 Å². The van der Waals surface area contributed by atoms with Crippen LogP contribution in [-0.2, 0) is 4.74 Å². The minimum Gasteiger partial charge on any atom is -0.446 e. The van der Waals surface area contributed by atoms with E-state index in [0.717, 1.165) is 12.8 Å². The molecule has 1 aliphatic carbocycles. The smallest absolute Gasteiger partial charge is 0.409 e. The summed E-state index contributed by atoms with van der Waals surface area (Å²) < 4.78 is 5.13. The molecule has 3 heteroatoms. The fourth-order valence-corrected chi connectivity index (χ4v) is 0.850. The lowest BCUT2D eigenvalue weighted by Gasteiger charge is -2.27. The SMILES string of the molecule is CCN(C)C(=O)OC1CCC1. The van der Waals surface area contributed by atoms with Gasteiger partial charge in [0, 0.05) is 13.6 Å². The molecule has 1 aliphatic rings. The van der Waals surface area contributed by atoms with Crippen molar-refractivity contribution < 1.29 is 9.53 Å². The fourth-order valence-electron chi connectivity index (χ4n) is 0.850. The summed E-state index contributed by atoms with van der Waals surface area (Å²) in [6.45, 7) is 2.65. The van der Waals surface area contributed by atoms with Crippen LogP contribution in [0.4, 0.5) is 4.79 Å². The van der Waals surface area contributed by atoms with Gasteiger partial charge < -0.3 is 9.64 Å². The zero-order valence-corrected chi connectivity index (χ0v) is 7.17. The van der Waals surface area contributed by atoms with E-state index in [1.807, 2.05) is 6.92 Å². The Hall–Kier alpha value is -0.730. The summed E-state index contributed by atoms with van der Waals surface area (Å²) in [6.07, 6.45) is 3.31. The standard InChI is InChI=1S/C8H15NO2/c1-3-9(2)8(10)11-7-5-4-6-7/h7H,3-6H2,1-2H3. The topological polar surface area (TPSA) is 29.5 Å². The third-order valence-corrected chi connectivity index (χ3v) is 2.11. The van der Waals surface area contributed by atoms with Gasteiger partial charge in [-0.25, -0.2) is 4.79 Å². The summed E-state index contributed by atoms with van der Waals surface area (Å²) in [5.74, 6) is 0. The van der Waals surface area contributed by atoms with Gasteiger partial charge in [0.05, 0.1) is 0 Å². The van der Waals surface area contributed by atoms with Gasteiger partial charge in [-0.05, 0) is 26.2 Å². The Labute approximate surface area is 67.3 Å². The Kier molecular flexibility index (Phi) is 2.74. The lowest BCUT2D eigenvalue weighted by Crippen LogP contribution is -2.33. The molecule has 1 rings (SSSR count). The highest BCUT2D eigenvalue weighted by Gasteiger charge is 2.22. The first kappa shape index (κ1) is 8.37. The van der Waals surface area contributed by atoms with Crippen molar-refractivity contribution in [1.82, 2.24) is 4.90 Å². The molecule has 3 nitrogen and oxygen atoms in total. The summed E-state index contributed by atoms with van der Waals surface area (Å²) >= 11 is 0. The number of carbonyl (C=O) groups is 1. The largest absolute Gasteiger partial charge is 0.446 e. The molecule has 0 bridgehead atoms. The zero-order valence-electron chi connectivity index (χ0n) is 7.17. The van der Waals surface area contributed by atoms with Crippen LogP contribution in [0.3, 0.4) is 0 Å². The van der Waals surface area contributed by atoms with E-state index >= 15 is 0 Å². The number of carbonyl (C=O) groups excluding carboxylic acids is 1. The van der Waals surface area contributed by atoms with Crippen LogP contribution in [0.25, 0.3) is 0 Å². The van der Waals surface area contributed by atoms with Crippen LogP contribution in [-0.4, -0.2) is 30.7 Å². The molecular weight excluding hydrogens is 142 g/mol. The number of hydrogen-bond donors (Lipinski definition) is 0. The molecule has 0 aromatic heterocycles. The Morgan fingerprint density at radius 3 is 2.64 bits per heavy atom. The van der Waals surface area contributed by atoms with Crippen molar-refractivity contribution in [2.24, 2.45) is 0 Å². The molecule has 0 radical (unpaired) electrons. The van der Waals surface area contributed by atoms with Crippen LogP contribution in [0.15, 0.2) is 0 Å². The van der Waals surface area contributed by atoms with Crippen molar-refractivity contribution in [3.05, 3.63) is 0 Å². The first-order valence-corrected chi connectivity index (χ1v) is 4.15. The van der Waals surface area contributed by atoms with E-state index in [9.17, 15) is 4.79 Å². The summed E-state index contributed by atoms with van der Waals surface area (Å²) in [5, 5.41) is 0. The van der Waals surface area contributed by atoms with Gasteiger partial charge >= 0.3 is 6.09 Å². The zero-order chi connectivity index (χ0) is 8.27. The number of rotatable bonds is 2. The molecule has 1 fully saturated rings. The third-order valence-electron chi connectivity index (χ3n) is 2.11. The molecule has 64 valence electrons. The quantitative estimate of drug-likeness (QED) is 0.609. The van der Waals surface area contributed by atoms with Crippen LogP contribution in [0.1, 0.15) is 26.2 Å². The van der Waals surface area contributed by atoms with Gasteiger partial charge in [-0.2, -0.15) is 0 Å². The highest BCUT2D eigenvalue weighted by atomic mass is 16.6. The first-order valence-electron chi connectivity index (χ1n) is 4.15. The van der Waals surface area contributed by atoms with Crippen LogP contribution in [0.5, 0.6) is 0 Å². The van der Waals surface area contributed by atoms with E-state index in [1.165, 1.54) is 6.42 Å². The van der Waals surface area contributed by atoms with Crippen molar-refractivity contribution in [3.8, 4) is 0 Å². The molecule has 0 atom stereocenters. The number of ether oxygens (including phenoxy) is 1. The molecule has 0 aromatic carbocycles. The van der Waals surface area contributed by atoms with E-state index in [4.69, 9.17) is 4.74 Å². The van der Waals surface area contributed by atoms with Crippen molar-refractivity contribution in [1.29, 1.82) is 0 Å². The van der Waals surface area contributed by atoms with E-state index in [1.54, 1.807) is 11.9 Å². The third kappa shape index (κ3) is 2.10. The van der Waals surface area contributed by atoms with E-state index < -0.39 is 0 Å². The monoisotopic (exact) mass is 157 g/mol. The molecule has 1 saturated carbocycles. The molecule has 0 N–H and O–H groups in total. The maximum absolute atomic E-state index is 11.1. The van der Waals surface area contributed by atoms with Crippen molar-refractivity contribution >= 4 is 6.09 Å². The van der Waals surface area contributed by atoms with Crippen molar-refractivity contribution in [2.45, 2.75) is 32.3 Å². The molecule has 0 unspecified atom stereocenters. The molecule has 0 spiro atoms. The van der Waals surface area contributed by atoms with E-state index in [0.29, 0.717) is 6.54 Å². The summed E-state index contributed by atoms with van der Waals surface area (Å²) in [5.41, 5.74) is 0. The number of amides is 1. The Morgan fingerprint density at radius 2 is 2.27 bits per heavy atom. The van der Waals surface area contributed by atoms with E-state index in [2.05, 4.69) is 0 Å². The maximum Gasteiger partial charge on any atom is 0.409 e. The van der Waals surface area contributed by atoms with Gasteiger partial charge in [0.2, 0.25) is 0 Å². The second-order valence-electron chi connectivity index (χ2n) is 2.95. The summed E-state index contributed by atoms with van der Waals surface area (Å²) in [6, 6.07) is 0. The molecule has 0 heterocycles. The van der Waals surface area contributed by atoms with Gasteiger partial charge in [-0.1, -0.05) is 0 Å². The van der Waals surface area contributed by atoms with Gasteiger partial charge in [-0.3, -0.25) is 0 Å². The predicted molar refractivity (Wildman–Crippen MR) is 42.4 cm³/mol. The highest BCUT2D eigenvalue weighted by molar-refractivity contribution is 5.67. The minimum absolute atomic E-state index is 0.183. The maximum atomic E-state index is 11.1. The highest BCUT2D eigenvalue weighted by Crippen LogP contribution is 2.22. The normalized spacial score (nSPS) is 17.3. The van der Waals surface area contributed by atoms with Crippen LogP contribution < -0.4 is 0 Å². The molecule has 1 amide bonds. The van der Waals surface area contributed by atoms with Gasteiger partial charge in [-0.15, -0.1) is 0 Å². The molecule has 0 saturated heterocycles. The average molecular weight is 157 g/mol. The van der Waals surface area contributed by atoms with E-state index in [-0.39, 0.29) is 12.2 Å². The molecule has 0 aromatic rings. The summed E-state index contributed by atoms with van der Waals surface area (Å²) in [4.78, 5) is 12.7. The van der Waals surface area contributed by atoms with Gasteiger partial charge in [0.15, 0.2) is 0 Å². The first-order chi connectivity index (χ1) is 5.24. The van der Waals surface area contributed by atoms with Crippen LogP contribution in [0, 0.1) is 0 Å². The predicted octanol–water partition coefficient (Wildman–Crippen LogP) is 1.63.